The van der Waals surface area contributed by atoms with Crippen molar-refractivity contribution in [2.24, 2.45) is 11.3 Å². The molecule has 1 aromatic rings. The molecule has 0 aliphatic carbocycles. The fourth-order valence-corrected chi connectivity index (χ4v) is 4.93. The number of carboxylic acid groups (broad SMARTS) is 1. The molecule has 1 unspecified atom stereocenters. The van der Waals surface area contributed by atoms with Gasteiger partial charge < -0.3 is 24.4 Å². The van der Waals surface area contributed by atoms with Gasteiger partial charge in [-0.05, 0) is 49.0 Å². The number of nitrogens with zero attached hydrogens (tertiary/aromatic N) is 2. The molecule has 2 aliphatic heterocycles. The van der Waals surface area contributed by atoms with Crippen LogP contribution in [-0.2, 0) is 14.3 Å². The van der Waals surface area contributed by atoms with Gasteiger partial charge >= 0.3 is 12.1 Å². The Bertz CT molecular complexity index is 852. The maximum absolute atomic E-state index is 12.1. The lowest BCUT2D eigenvalue weighted by Crippen LogP contribution is -2.45. The Labute approximate surface area is 205 Å². The van der Waals surface area contributed by atoms with Crippen LogP contribution in [-0.4, -0.2) is 79.0 Å². The van der Waals surface area contributed by atoms with Gasteiger partial charge in [-0.25, -0.2) is 4.79 Å². The van der Waals surface area contributed by atoms with Crippen molar-refractivity contribution in [3.8, 4) is 0 Å². The van der Waals surface area contributed by atoms with Crippen LogP contribution in [0.25, 0.3) is 0 Å². The monoisotopic (exact) mass is 500 g/mol. The first-order valence-electron chi connectivity index (χ1n) is 11.4. The average molecular weight is 501 g/mol. The zero-order valence-corrected chi connectivity index (χ0v) is 21.2. The van der Waals surface area contributed by atoms with Gasteiger partial charge in [0.2, 0.25) is 0 Å². The third kappa shape index (κ3) is 6.53. The summed E-state index contributed by atoms with van der Waals surface area (Å²) in [4.78, 5) is 27.7. The highest BCUT2D eigenvalue weighted by molar-refractivity contribution is 6.42. The largest absolute Gasteiger partial charge is 0.469 e. The Morgan fingerprint density at radius 2 is 1.82 bits per heavy atom. The van der Waals surface area contributed by atoms with E-state index in [0.717, 1.165) is 31.5 Å². The minimum Gasteiger partial charge on any atom is -0.469 e. The van der Waals surface area contributed by atoms with Gasteiger partial charge in [-0.2, -0.15) is 0 Å². The van der Waals surface area contributed by atoms with Crippen molar-refractivity contribution in [3.05, 3.63) is 33.8 Å². The summed E-state index contributed by atoms with van der Waals surface area (Å²) in [6, 6.07) is 5.46. The molecule has 9 heteroatoms. The molecule has 0 aromatic heterocycles. The Kier molecular flexibility index (Phi) is 8.54. The van der Waals surface area contributed by atoms with Crippen molar-refractivity contribution in [2.75, 3.05) is 39.8 Å². The van der Waals surface area contributed by atoms with Crippen molar-refractivity contribution in [1.82, 2.24) is 9.80 Å². The Hall–Kier alpha value is -1.54. The minimum absolute atomic E-state index is 0.0722. The Morgan fingerprint density at radius 1 is 1.15 bits per heavy atom. The summed E-state index contributed by atoms with van der Waals surface area (Å²) in [6.45, 7) is 8.97. The van der Waals surface area contributed by atoms with Crippen molar-refractivity contribution in [1.29, 1.82) is 0 Å². The quantitative estimate of drug-likeness (QED) is 0.600. The first-order valence-corrected chi connectivity index (χ1v) is 12.1. The Morgan fingerprint density at radius 3 is 2.36 bits per heavy atom. The summed E-state index contributed by atoms with van der Waals surface area (Å²) in [5, 5.41) is 10.8. The molecule has 0 saturated carbocycles. The predicted molar refractivity (Wildman–Crippen MR) is 128 cm³/mol. The van der Waals surface area contributed by atoms with Crippen LogP contribution < -0.4 is 0 Å². The van der Waals surface area contributed by atoms with E-state index in [9.17, 15) is 14.7 Å². The molecule has 2 saturated heterocycles. The van der Waals surface area contributed by atoms with E-state index in [0.29, 0.717) is 29.7 Å². The number of rotatable bonds is 4. The first kappa shape index (κ1) is 26.1. The topological polar surface area (TPSA) is 79.3 Å². The maximum Gasteiger partial charge on any atom is 0.407 e. The lowest BCUT2D eigenvalue weighted by molar-refractivity contribution is -0.147. The van der Waals surface area contributed by atoms with Crippen LogP contribution in [0.2, 0.25) is 10.0 Å². The number of benzene rings is 1. The van der Waals surface area contributed by atoms with Crippen molar-refractivity contribution in [2.45, 2.75) is 51.7 Å². The van der Waals surface area contributed by atoms with Gasteiger partial charge in [0.05, 0.1) is 41.8 Å². The molecule has 2 heterocycles. The molecule has 1 amide bonds. The third-order valence-electron chi connectivity index (χ3n) is 6.76. The Balaban J connectivity index is 1.88. The fourth-order valence-electron chi connectivity index (χ4n) is 4.62. The molecule has 1 N–H and O–H groups in total. The first-order chi connectivity index (χ1) is 15.5. The molecule has 184 valence electrons. The van der Waals surface area contributed by atoms with E-state index in [1.165, 1.54) is 12.0 Å². The number of hydrogen-bond acceptors (Lipinski definition) is 5. The zero-order valence-electron chi connectivity index (χ0n) is 19.7. The molecule has 0 bridgehead atoms. The molecule has 0 spiro atoms. The van der Waals surface area contributed by atoms with Crippen LogP contribution >= 0.6 is 23.2 Å². The number of ether oxygens (including phenoxy) is 2. The van der Waals surface area contributed by atoms with Crippen molar-refractivity contribution >= 4 is 35.3 Å². The molecular weight excluding hydrogens is 467 g/mol. The number of piperidine rings is 1. The summed E-state index contributed by atoms with van der Waals surface area (Å²) in [5.74, 6) is -0.433. The highest BCUT2D eigenvalue weighted by atomic mass is 35.5. The summed E-state index contributed by atoms with van der Waals surface area (Å²) < 4.78 is 11.6. The normalized spacial score (nSPS) is 25.5. The van der Waals surface area contributed by atoms with Gasteiger partial charge in [-0.3, -0.25) is 4.79 Å². The lowest BCUT2D eigenvalue weighted by Gasteiger charge is -2.38. The summed E-state index contributed by atoms with van der Waals surface area (Å²) in [7, 11) is 1.43. The number of carbonyl (C=O) groups excluding carboxylic acids is 1. The number of methoxy groups -OCH3 is 1. The lowest BCUT2D eigenvalue weighted by atomic mass is 9.88. The predicted octanol–water partition coefficient (Wildman–Crippen LogP) is 4.76. The van der Waals surface area contributed by atoms with E-state index in [1.807, 2.05) is 12.1 Å². The van der Waals surface area contributed by atoms with Crippen LogP contribution in [0, 0.1) is 11.3 Å². The summed E-state index contributed by atoms with van der Waals surface area (Å²) >= 11 is 12.5. The van der Waals surface area contributed by atoms with E-state index < -0.39 is 6.09 Å². The number of carbonyl (C=O) groups is 2. The van der Waals surface area contributed by atoms with E-state index in [1.54, 1.807) is 6.07 Å². The second-order valence-corrected chi connectivity index (χ2v) is 10.9. The van der Waals surface area contributed by atoms with Crippen LogP contribution in [0.1, 0.15) is 45.1 Å². The number of esters is 1. The smallest absolute Gasteiger partial charge is 0.407 e. The van der Waals surface area contributed by atoms with Crippen LogP contribution in [0.4, 0.5) is 4.79 Å². The van der Waals surface area contributed by atoms with Crippen LogP contribution in [0.15, 0.2) is 18.2 Å². The van der Waals surface area contributed by atoms with Gasteiger partial charge in [0, 0.05) is 19.0 Å². The van der Waals surface area contributed by atoms with Gasteiger partial charge in [-0.1, -0.05) is 50.0 Å². The number of likely N-dealkylation sites (tertiary alicyclic amines) is 1. The number of amides is 1. The van der Waals surface area contributed by atoms with Gasteiger partial charge in [0.1, 0.15) is 0 Å². The van der Waals surface area contributed by atoms with Gasteiger partial charge in [-0.15, -0.1) is 0 Å². The molecule has 3 rings (SSSR count). The molecule has 7 nitrogen and oxygen atoms in total. The molecule has 1 aromatic carbocycles. The SMILES string of the molecule is COC(=O)C1CCN(C[C@H]2OC(C(C)(C)C)CN(C(=O)O)C[C@H]2c2ccc(Cl)c(Cl)c2)CC1. The second-order valence-electron chi connectivity index (χ2n) is 10.1. The molecule has 0 radical (unpaired) electrons. The molecule has 33 heavy (non-hydrogen) atoms. The standard InChI is InChI=1S/C24H34Cl2N2O5/c1-24(2,3)21-14-28(23(30)31)12-17(16-5-6-18(25)19(26)11-16)20(33-21)13-27-9-7-15(8-10-27)22(29)32-4/h5-6,11,15,17,20-21H,7-10,12-14H2,1-4H3,(H,30,31)/t17-,20+,21?/m0/s1. The zero-order chi connectivity index (χ0) is 24.3. The fraction of sp³-hybridized carbons (Fsp3) is 0.667. The minimum atomic E-state index is -0.961. The molecule has 2 aliphatic rings. The van der Waals surface area contributed by atoms with E-state index in [4.69, 9.17) is 32.7 Å². The van der Waals surface area contributed by atoms with Crippen LogP contribution in [0.3, 0.4) is 0 Å². The van der Waals surface area contributed by atoms with Gasteiger partial charge in [0.25, 0.3) is 0 Å². The molecule has 3 atom stereocenters. The van der Waals surface area contributed by atoms with Gasteiger partial charge in [0.15, 0.2) is 0 Å². The van der Waals surface area contributed by atoms with Crippen LogP contribution in [0.5, 0.6) is 0 Å². The highest BCUT2D eigenvalue weighted by Gasteiger charge is 2.41. The maximum atomic E-state index is 12.1. The molecule has 2 fully saturated rings. The number of halogens is 2. The van der Waals surface area contributed by atoms with Crippen molar-refractivity contribution < 1.29 is 24.2 Å². The summed E-state index contributed by atoms with van der Waals surface area (Å²) in [6.07, 6.45) is 0.00334. The van der Waals surface area contributed by atoms with Crippen molar-refractivity contribution in [3.63, 3.8) is 0 Å². The highest BCUT2D eigenvalue weighted by Crippen LogP contribution is 2.36. The van der Waals surface area contributed by atoms with E-state index in [-0.39, 0.29) is 35.4 Å². The summed E-state index contributed by atoms with van der Waals surface area (Å²) in [5.41, 5.74) is 0.663. The average Bonchev–Trinajstić information content (AvgIpc) is 2.96. The molecular formula is C24H34Cl2N2O5. The third-order valence-corrected chi connectivity index (χ3v) is 7.50. The van der Waals surface area contributed by atoms with E-state index >= 15 is 0 Å². The number of hydrogen-bond donors (Lipinski definition) is 1. The second kappa shape index (κ2) is 10.8. The van der Waals surface area contributed by atoms with E-state index in [2.05, 4.69) is 25.7 Å².